The summed E-state index contributed by atoms with van der Waals surface area (Å²) in [4.78, 5) is 42.4. The summed E-state index contributed by atoms with van der Waals surface area (Å²) in [5.41, 5.74) is 12.2. The number of aromatic hydroxyl groups is 1. The highest BCUT2D eigenvalue weighted by atomic mass is 19.1. The zero-order valence-corrected chi connectivity index (χ0v) is 25.3. The highest BCUT2D eigenvalue weighted by Crippen LogP contribution is 2.32. The number of aldehydes is 1. The number of nitrogens with zero attached hydrogens (tertiary/aromatic N) is 6. The first-order chi connectivity index (χ1) is 22.9. The second kappa shape index (κ2) is 12.5. The van der Waals surface area contributed by atoms with Gasteiger partial charge in [0.2, 0.25) is 0 Å². The van der Waals surface area contributed by atoms with E-state index in [0.717, 1.165) is 16.8 Å². The summed E-state index contributed by atoms with van der Waals surface area (Å²) in [6, 6.07) is 26.2. The highest BCUT2D eigenvalue weighted by molar-refractivity contribution is 5.96. The van der Waals surface area contributed by atoms with Crippen molar-refractivity contribution in [2.45, 2.75) is 6.54 Å². The van der Waals surface area contributed by atoms with E-state index >= 15 is 0 Å². The van der Waals surface area contributed by atoms with Crippen LogP contribution in [-0.4, -0.2) is 72.8 Å². The van der Waals surface area contributed by atoms with Crippen molar-refractivity contribution in [1.82, 2.24) is 29.3 Å². The lowest BCUT2D eigenvalue weighted by Gasteiger charge is -2.35. The molecule has 1 fully saturated rings. The summed E-state index contributed by atoms with van der Waals surface area (Å²) >= 11 is 0. The van der Waals surface area contributed by atoms with Gasteiger partial charge >= 0.3 is 0 Å². The highest BCUT2D eigenvalue weighted by Gasteiger charge is 2.23. The molecule has 0 spiro atoms. The molecule has 6 aromatic rings. The van der Waals surface area contributed by atoms with Crippen molar-refractivity contribution in [1.29, 1.82) is 0 Å². The van der Waals surface area contributed by atoms with Gasteiger partial charge in [-0.15, -0.1) is 0 Å². The number of benzene rings is 3. The number of halogens is 1. The van der Waals surface area contributed by atoms with Crippen molar-refractivity contribution in [2.24, 2.45) is 0 Å². The lowest BCUT2D eigenvalue weighted by atomic mass is 10.1. The number of phenols is 1. The fourth-order valence-corrected chi connectivity index (χ4v) is 5.85. The number of nitrogens with two attached hydrogens (primary N) is 1. The number of nitrogen functional groups attached to an aromatic ring is 1. The summed E-state index contributed by atoms with van der Waals surface area (Å²) in [5, 5.41) is 9.77. The topological polar surface area (TPSA) is 130 Å². The van der Waals surface area contributed by atoms with Crippen LogP contribution < -0.4 is 5.73 Å². The second-order valence-electron chi connectivity index (χ2n) is 11.4. The number of carbonyl (C=O) groups excluding carboxylic acids is 2. The van der Waals surface area contributed by atoms with Crippen molar-refractivity contribution in [3.05, 3.63) is 120 Å². The van der Waals surface area contributed by atoms with Crippen LogP contribution in [0.1, 0.15) is 26.3 Å². The fourth-order valence-electron chi connectivity index (χ4n) is 5.85. The van der Waals surface area contributed by atoms with Gasteiger partial charge in [0.25, 0.3) is 5.91 Å². The van der Waals surface area contributed by atoms with Gasteiger partial charge in [0, 0.05) is 55.7 Å². The maximum atomic E-state index is 13.6. The van der Waals surface area contributed by atoms with E-state index in [9.17, 15) is 19.1 Å². The number of phenolic OH excluding ortho intramolecular Hbond substituents is 1. The molecule has 0 bridgehead atoms. The number of rotatable bonds is 7. The molecule has 0 radical (unpaired) electrons. The molecule has 11 heteroatoms. The predicted octanol–water partition coefficient (Wildman–Crippen LogP) is 5.35. The van der Waals surface area contributed by atoms with Crippen molar-refractivity contribution >= 4 is 29.2 Å². The lowest BCUT2D eigenvalue weighted by molar-refractivity contribution is 0.0628. The molecule has 0 unspecified atom stereocenters. The number of piperazine rings is 1. The second-order valence-corrected chi connectivity index (χ2v) is 11.4. The smallest absolute Gasteiger partial charge is 0.253 e. The van der Waals surface area contributed by atoms with E-state index in [1.807, 2.05) is 41.0 Å². The molecule has 0 atom stereocenters. The Morgan fingerprint density at radius 1 is 0.915 bits per heavy atom. The Hall–Kier alpha value is -5.94. The summed E-state index contributed by atoms with van der Waals surface area (Å²) < 4.78 is 15.6. The van der Waals surface area contributed by atoms with E-state index in [2.05, 4.69) is 22.0 Å². The first-order valence-electron chi connectivity index (χ1n) is 15.1. The van der Waals surface area contributed by atoms with Gasteiger partial charge in [-0.05, 0) is 84.4 Å². The van der Waals surface area contributed by atoms with E-state index in [4.69, 9.17) is 15.7 Å². The van der Waals surface area contributed by atoms with Crippen LogP contribution in [0.15, 0.2) is 97.2 Å². The first kappa shape index (κ1) is 29.8. The number of amides is 1. The number of hydrogen-bond donors (Lipinski definition) is 2. The molecule has 1 aliphatic heterocycles. The molecule has 7 rings (SSSR count). The standard InChI is InChI=1S/C36H30FN7O3/c37-27-8-5-24(6-9-27)30-12-13-31-35(40-30)44(34(41-31)29-2-1-15-39-33(29)38)28-10-3-23(4-11-28)21-42-16-18-43(19-17-42)36(47)25-7-14-32(46)26(20-25)22-45/h1-15,20,22,46H,16-19,21H2,(H2,38,39). The fraction of sp³-hybridized carbons (Fsp3) is 0.139. The molecule has 234 valence electrons. The lowest BCUT2D eigenvalue weighted by Crippen LogP contribution is -2.48. The Morgan fingerprint density at radius 3 is 2.40 bits per heavy atom. The maximum Gasteiger partial charge on any atom is 0.253 e. The summed E-state index contributed by atoms with van der Waals surface area (Å²) in [6.07, 6.45) is 2.18. The third-order valence-electron chi connectivity index (χ3n) is 8.39. The third kappa shape index (κ3) is 5.91. The predicted molar refractivity (Wildman–Crippen MR) is 177 cm³/mol. The van der Waals surface area contributed by atoms with Crippen LogP contribution in [0.25, 0.3) is 39.5 Å². The SMILES string of the molecule is Nc1ncccc1-c1nc2ccc(-c3ccc(F)cc3)nc2n1-c1ccc(CN2CCN(C(=O)c3ccc(O)c(C=O)c3)CC2)cc1. The number of carbonyl (C=O) groups is 2. The summed E-state index contributed by atoms with van der Waals surface area (Å²) in [6.45, 7) is 3.19. The molecule has 0 saturated carbocycles. The number of pyridine rings is 2. The van der Waals surface area contributed by atoms with Gasteiger partial charge in [0.1, 0.15) is 22.9 Å². The molecule has 1 amide bonds. The largest absolute Gasteiger partial charge is 0.507 e. The van der Waals surface area contributed by atoms with Crippen molar-refractivity contribution in [2.75, 3.05) is 31.9 Å². The number of hydrogen-bond acceptors (Lipinski definition) is 8. The molecule has 4 heterocycles. The zero-order valence-electron chi connectivity index (χ0n) is 25.3. The molecule has 3 aromatic heterocycles. The molecule has 3 N–H and O–H groups in total. The minimum Gasteiger partial charge on any atom is -0.507 e. The Balaban J connectivity index is 1.13. The van der Waals surface area contributed by atoms with Crippen LogP contribution in [0.2, 0.25) is 0 Å². The monoisotopic (exact) mass is 627 g/mol. The van der Waals surface area contributed by atoms with E-state index < -0.39 is 0 Å². The number of aromatic nitrogens is 4. The number of fused-ring (bicyclic) bond motifs is 1. The molecule has 1 saturated heterocycles. The van der Waals surface area contributed by atoms with Gasteiger partial charge in [-0.2, -0.15) is 0 Å². The van der Waals surface area contributed by atoms with E-state index in [1.165, 1.54) is 30.3 Å². The van der Waals surface area contributed by atoms with Crippen molar-refractivity contribution < 1.29 is 19.1 Å². The average Bonchev–Trinajstić information content (AvgIpc) is 3.48. The van der Waals surface area contributed by atoms with Crippen LogP contribution in [0.4, 0.5) is 10.2 Å². The molecule has 47 heavy (non-hydrogen) atoms. The quantitative estimate of drug-likeness (QED) is 0.227. The van der Waals surface area contributed by atoms with E-state index in [0.29, 0.717) is 78.6 Å². The third-order valence-corrected chi connectivity index (χ3v) is 8.39. The van der Waals surface area contributed by atoms with Gasteiger partial charge in [-0.25, -0.2) is 19.3 Å². The molecular weight excluding hydrogens is 597 g/mol. The van der Waals surface area contributed by atoms with Crippen molar-refractivity contribution in [3.63, 3.8) is 0 Å². The van der Waals surface area contributed by atoms with Gasteiger partial charge < -0.3 is 15.7 Å². The normalized spacial score (nSPS) is 13.6. The minimum absolute atomic E-state index is 0.0988. The Kier molecular flexibility index (Phi) is 7.88. The first-order valence-corrected chi connectivity index (χ1v) is 15.1. The van der Waals surface area contributed by atoms with Gasteiger partial charge in [0.05, 0.1) is 16.8 Å². The van der Waals surface area contributed by atoms with Crippen LogP contribution in [-0.2, 0) is 6.54 Å². The maximum absolute atomic E-state index is 13.6. The molecular formula is C36H30FN7O3. The van der Waals surface area contributed by atoms with Crippen LogP contribution in [0.3, 0.4) is 0 Å². The molecule has 0 aliphatic carbocycles. The van der Waals surface area contributed by atoms with Crippen molar-refractivity contribution in [3.8, 4) is 34.1 Å². The molecule has 10 nitrogen and oxygen atoms in total. The minimum atomic E-state index is -0.312. The van der Waals surface area contributed by atoms with E-state index in [1.54, 1.807) is 23.2 Å². The van der Waals surface area contributed by atoms with Crippen LogP contribution in [0.5, 0.6) is 5.75 Å². The van der Waals surface area contributed by atoms with Gasteiger partial charge in [-0.3, -0.25) is 19.1 Å². The number of anilines is 1. The van der Waals surface area contributed by atoms with Gasteiger partial charge in [-0.1, -0.05) is 12.1 Å². The molecule has 3 aromatic carbocycles. The van der Waals surface area contributed by atoms with Crippen LogP contribution in [0, 0.1) is 5.82 Å². The summed E-state index contributed by atoms with van der Waals surface area (Å²) in [5.74, 6) is 0.347. The zero-order chi connectivity index (χ0) is 32.5. The Morgan fingerprint density at radius 2 is 1.68 bits per heavy atom. The molecule has 1 aliphatic rings. The van der Waals surface area contributed by atoms with Crippen LogP contribution >= 0.6 is 0 Å². The summed E-state index contributed by atoms with van der Waals surface area (Å²) in [7, 11) is 0. The average molecular weight is 628 g/mol. The Labute approximate surface area is 269 Å². The van der Waals surface area contributed by atoms with E-state index in [-0.39, 0.29) is 23.0 Å². The van der Waals surface area contributed by atoms with Gasteiger partial charge in [0.15, 0.2) is 17.8 Å². The number of imidazole rings is 1. The Bertz CT molecular complexity index is 2100.